The molecule has 1 aliphatic rings. The number of ether oxygens (including phenoxy) is 1. The molecule has 1 aromatic heterocycles. The minimum atomic E-state index is -3.57. The predicted molar refractivity (Wildman–Crippen MR) is 106 cm³/mol. The van der Waals surface area contributed by atoms with Crippen molar-refractivity contribution in [2.75, 3.05) is 31.6 Å². The third-order valence-electron chi connectivity index (χ3n) is 4.39. The van der Waals surface area contributed by atoms with Gasteiger partial charge in [0.1, 0.15) is 5.52 Å². The van der Waals surface area contributed by atoms with Crippen molar-refractivity contribution in [3.05, 3.63) is 46.4 Å². The van der Waals surface area contributed by atoms with Crippen LogP contribution in [0.4, 0.5) is 11.7 Å². The van der Waals surface area contributed by atoms with Crippen molar-refractivity contribution in [2.45, 2.75) is 11.8 Å². The Hall–Kier alpha value is -1.94. The van der Waals surface area contributed by atoms with Gasteiger partial charge in [0.05, 0.1) is 18.1 Å². The molecule has 0 amide bonds. The highest BCUT2D eigenvalue weighted by Gasteiger charge is 2.27. The Labute approximate surface area is 165 Å². The van der Waals surface area contributed by atoms with Gasteiger partial charge in [0.15, 0.2) is 5.58 Å². The summed E-state index contributed by atoms with van der Waals surface area (Å²) in [4.78, 5) is 4.58. The van der Waals surface area contributed by atoms with Gasteiger partial charge in [-0.3, -0.25) is 0 Å². The predicted octanol–water partition coefficient (Wildman–Crippen LogP) is 3.66. The minimum absolute atomic E-state index is 0.204. The standard InChI is InChI=1S/C18H18BrN3O4S/c1-12-2-3-13(10-15(12)19)20-18-21-16-11-14(4-5-17(16)26-18)27(23,24)22-6-8-25-9-7-22/h2-5,10-11H,6-9H2,1H3,(H,20,21). The van der Waals surface area contributed by atoms with Crippen LogP contribution in [-0.4, -0.2) is 44.0 Å². The Balaban J connectivity index is 1.62. The number of hydrogen-bond donors (Lipinski definition) is 1. The number of rotatable bonds is 4. The molecule has 4 rings (SSSR count). The minimum Gasteiger partial charge on any atom is -0.423 e. The Bertz CT molecular complexity index is 1090. The molecule has 142 valence electrons. The summed E-state index contributed by atoms with van der Waals surface area (Å²) in [5.74, 6) is 0. The van der Waals surface area contributed by atoms with E-state index in [1.54, 1.807) is 18.2 Å². The van der Waals surface area contributed by atoms with Crippen molar-refractivity contribution in [2.24, 2.45) is 0 Å². The van der Waals surface area contributed by atoms with Crippen molar-refractivity contribution in [1.82, 2.24) is 9.29 Å². The number of benzene rings is 2. The molecule has 0 spiro atoms. The number of nitrogens with one attached hydrogen (secondary N) is 1. The zero-order chi connectivity index (χ0) is 19.0. The van der Waals surface area contributed by atoms with Crippen LogP contribution in [0.1, 0.15) is 5.56 Å². The summed E-state index contributed by atoms with van der Waals surface area (Å²) in [6, 6.07) is 10.8. The number of anilines is 2. The van der Waals surface area contributed by atoms with Gasteiger partial charge < -0.3 is 14.5 Å². The number of oxazole rings is 1. The lowest BCUT2D eigenvalue weighted by atomic mass is 10.2. The Morgan fingerprint density at radius 3 is 2.67 bits per heavy atom. The lowest BCUT2D eigenvalue weighted by Crippen LogP contribution is -2.40. The van der Waals surface area contributed by atoms with Crippen LogP contribution in [0.15, 0.2) is 50.2 Å². The second-order valence-corrected chi connectivity index (χ2v) is 9.05. The molecule has 1 fully saturated rings. The van der Waals surface area contributed by atoms with Gasteiger partial charge >= 0.3 is 0 Å². The quantitative estimate of drug-likeness (QED) is 0.651. The molecule has 1 saturated heterocycles. The van der Waals surface area contributed by atoms with E-state index in [4.69, 9.17) is 9.15 Å². The first-order valence-electron chi connectivity index (χ1n) is 8.45. The van der Waals surface area contributed by atoms with Crippen molar-refractivity contribution in [3.63, 3.8) is 0 Å². The van der Waals surface area contributed by atoms with Crippen LogP contribution < -0.4 is 5.32 Å². The molecule has 1 N–H and O–H groups in total. The molecular weight excluding hydrogens is 434 g/mol. The maximum absolute atomic E-state index is 12.8. The van der Waals surface area contributed by atoms with E-state index >= 15 is 0 Å². The van der Waals surface area contributed by atoms with Crippen molar-refractivity contribution >= 4 is 48.8 Å². The van der Waals surface area contributed by atoms with E-state index in [-0.39, 0.29) is 4.90 Å². The third kappa shape index (κ3) is 3.73. The SMILES string of the molecule is Cc1ccc(Nc2nc3cc(S(=O)(=O)N4CCOCC4)ccc3o2)cc1Br. The Morgan fingerprint density at radius 1 is 1.15 bits per heavy atom. The highest BCUT2D eigenvalue weighted by atomic mass is 79.9. The molecule has 27 heavy (non-hydrogen) atoms. The molecule has 2 heterocycles. The molecule has 0 atom stereocenters. The van der Waals surface area contributed by atoms with Crippen molar-refractivity contribution in [1.29, 1.82) is 0 Å². The van der Waals surface area contributed by atoms with Crippen molar-refractivity contribution in [3.8, 4) is 0 Å². The molecule has 0 saturated carbocycles. The van der Waals surface area contributed by atoms with E-state index in [0.717, 1.165) is 15.7 Å². The summed E-state index contributed by atoms with van der Waals surface area (Å²) in [5.41, 5.74) is 2.94. The van der Waals surface area contributed by atoms with Crippen LogP contribution in [0.3, 0.4) is 0 Å². The van der Waals surface area contributed by atoms with Gasteiger partial charge in [0.2, 0.25) is 10.0 Å². The summed E-state index contributed by atoms with van der Waals surface area (Å²) in [6.45, 7) is 3.53. The molecular formula is C18H18BrN3O4S. The summed E-state index contributed by atoms with van der Waals surface area (Å²) in [7, 11) is -3.57. The highest BCUT2D eigenvalue weighted by Crippen LogP contribution is 2.27. The fourth-order valence-corrected chi connectivity index (χ4v) is 4.66. The van der Waals surface area contributed by atoms with Gasteiger partial charge in [0.25, 0.3) is 6.01 Å². The van der Waals surface area contributed by atoms with E-state index in [0.29, 0.717) is 43.4 Å². The second-order valence-electron chi connectivity index (χ2n) is 6.25. The maximum atomic E-state index is 12.8. The van der Waals surface area contributed by atoms with Crippen LogP contribution in [0.5, 0.6) is 0 Å². The Morgan fingerprint density at radius 2 is 1.93 bits per heavy atom. The monoisotopic (exact) mass is 451 g/mol. The summed E-state index contributed by atoms with van der Waals surface area (Å²) in [5, 5.41) is 3.10. The van der Waals surface area contributed by atoms with E-state index < -0.39 is 10.0 Å². The van der Waals surface area contributed by atoms with Gasteiger partial charge in [-0.2, -0.15) is 9.29 Å². The second kappa shape index (κ2) is 7.23. The highest BCUT2D eigenvalue weighted by molar-refractivity contribution is 9.10. The average molecular weight is 452 g/mol. The molecule has 3 aromatic rings. The van der Waals surface area contributed by atoms with Crippen LogP contribution in [-0.2, 0) is 14.8 Å². The lowest BCUT2D eigenvalue weighted by Gasteiger charge is -2.25. The molecule has 0 aliphatic carbocycles. The van der Waals surface area contributed by atoms with Gasteiger partial charge in [-0.15, -0.1) is 0 Å². The number of halogens is 1. The largest absolute Gasteiger partial charge is 0.423 e. The van der Waals surface area contributed by atoms with Crippen LogP contribution in [0, 0.1) is 6.92 Å². The molecule has 2 aromatic carbocycles. The zero-order valence-corrected chi connectivity index (χ0v) is 17.0. The summed E-state index contributed by atoms with van der Waals surface area (Å²) < 4.78 is 38.9. The molecule has 0 bridgehead atoms. The summed E-state index contributed by atoms with van der Waals surface area (Å²) in [6.07, 6.45) is 0. The first-order chi connectivity index (χ1) is 12.9. The van der Waals surface area contributed by atoms with E-state index in [1.165, 1.54) is 4.31 Å². The number of morpholine rings is 1. The summed E-state index contributed by atoms with van der Waals surface area (Å²) >= 11 is 3.49. The van der Waals surface area contributed by atoms with Gasteiger partial charge in [0, 0.05) is 23.2 Å². The van der Waals surface area contributed by atoms with Gasteiger partial charge in [-0.1, -0.05) is 22.0 Å². The van der Waals surface area contributed by atoms with Gasteiger partial charge in [-0.05, 0) is 42.8 Å². The first-order valence-corrected chi connectivity index (χ1v) is 10.7. The lowest BCUT2D eigenvalue weighted by molar-refractivity contribution is 0.0730. The van der Waals surface area contributed by atoms with Crippen LogP contribution >= 0.6 is 15.9 Å². The average Bonchev–Trinajstić information content (AvgIpc) is 3.07. The molecule has 7 nitrogen and oxygen atoms in total. The number of nitrogens with zero attached hydrogens (tertiary/aromatic N) is 2. The Kier molecular flexibility index (Phi) is 4.94. The van der Waals surface area contributed by atoms with Crippen molar-refractivity contribution < 1.29 is 17.6 Å². The maximum Gasteiger partial charge on any atom is 0.300 e. The number of sulfonamides is 1. The number of fused-ring (bicyclic) bond motifs is 1. The van der Waals surface area contributed by atoms with E-state index in [2.05, 4.69) is 26.2 Å². The number of aromatic nitrogens is 1. The number of aryl methyl sites for hydroxylation is 1. The third-order valence-corrected chi connectivity index (χ3v) is 7.14. The van der Waals surface area contributed by atoms with Gasteiger partial charge in [-0.25, -0.2) is 8.42 Å². The molecule has 0 radical (unpaired) electrons. The normalized spacial score (nSPS) is 15.9. The first kappa shape index (κ1) is 18.4. The fourth-order valence-electron chi connectivity index (χ4n) is 2.85. The fraction of sp³-hybridized carbons (Fsp3) is 0.278. The van der Waals surface area contributed by atoms with Crippen LogP contribution in [0.2, 0.25) is 0 Å². The topological polar surface area (TPSA) is 84.7 Å². The van der Waals surface area contributed by atoms with E-state index in [9.17, 15) is 8.42 Å². The number of hydrogen-bond acceptors (Lipinski definition) is 6. The smallest absolute Gasteiger partial charge is 0.300 e. The molecule has 9 heteroatoms. The van der Waals surface area contributed by atoms with Crippen LogP contribution in [0.25, 0.3) is 11.1 Å². The molecule has 0 unspecified atom stereocenters. The molecule has 1 aliphatic heterocycles. The zero-order valence-electron chi connectivity index (χ0n) is 14.6. The van der Waals surface area contributed by atoms with E-state index in [1.807, 2.05) is 25.1 Å².